The van der Waals surface area contributed by atoms with Crippen molar-refractivity contribution in [3.05, 3.63) is 35.4 Å². The molecule has 0 saturated carbocycles. The van der Waals surface area contributed by atoms with Crippen molar-refractivity contribution in [3.8, 4) is 0 Å². The Morgan fingerprint density at radius 3 is 2.58 bits per heavy atom. The Labute approximate surface area is 142 Å². The van der Waals surface area contributed by atoms with E-state index in [1.807, 2.05) is 11.8 Å². The molecule has 1 atom stereocenters. The molecule has 1 aliphatic heterocycles. The minimum Gasteiger partial charge on any atom is -0.395 e. The molecular formula is C18H26F2N2O2. The summed E-state index contributed by atoms with van der Waals surface area (Å²) in [6.45, 7) is 5.04. The lowest BCUT2D eigenvalue weighted by Crippen LogP contribution is -2.52. The lowest BCUT2D eigenvalue weighted by molar-refractivity contribution is -0.133. The summed E-state index contributed by atoms with van der Waals surface area (Å²) in [7, 11) is 0. The van der Waals surface area contributed by atoms with E-state index in [2.05, 4.69) is 4.90 Å². The first-order valence-electron chi connectivity index (χ1n) is 8.61. The molecule has 1 amide bonds. The molecule has 1 aromatic rings. The zero-order valence-corrected chi connectivity index (χ0v) is 14.2. The van der Waals surface area contributed by atoms with Gasteiger partial charge in [-0.05, 0) is 43.0 Å². The van der Waals surface area contributed by atoms with Crippen LogP contribution in [0.1, 0.15) is 31.7 Å². The second-order valence-electron chi connectivity index (χ2n) is 6.25. The number of hydrogen-bond acceptors (Lipinski definition) is 3. The van der Waals surface area contributed by atoms with Gasteiger partial charge in [-0.3, -0.25) is 9.69 Å². The SMILES string of the molecule is CCC(CO)N1CCN(C(=O)CCCc2cc(F)ccc2F)CC1. The summed E-state index contributed by atoms with van der Waals surface area (Å²) in [6, 6.07) is 3.58. The average molecular weight is 340 g/mol. The fourth-order valence-corrected chi connectivity index (χ4v) is 3.16. The van der Waals surface area contributed by atoms with Crippen LogP contribution in [0.25, 0.3) is 0 Å². The van der Waals surface area contributed by atoms with Crippen molar-refractivity contribution in [2.45, 2.75) is 38.6 Å². The third-order valence-corrected chi connectivity index (χ3v) is 4.71. The number of piperazine rings is 1. The molecule has 4 nitrogen and oxygen atoms in total. The van der Waals surface area contributed by atoms with Crippen LogP contribution in [0.2, 0.25) is 0 Å². The average Bonchev–Trinajstić information content (AvgIpc) is 2.59. The van der Waals surface area contributed by atoms with E-state index >= 15 is 0 Å². The number of amides is 1. The van der Waals surface area contributed by atoms with Crippen LogP contribution >= 0.6 is 0 Å². The Hall–Kier alpha value is -1.53. The molecule has 1 heterocycles. The first-order chi connectivity index (χ1) is 11.5. The van der Waals surface area contributed by atoms with Crippen molar-refractivity contribution in [1.82, 2.24) is 9.80 Å². The number of aryl methyl sites for hydroxylation is 1. The van der Waals surface area contributed by atoms with Gasteiger partial charge in [-0.25, -0.2) is 8.78 Å². The molecule has 0 bridgehead atoms. The van der Waals surface area contributed by atoms with E-state index in [0.29, 0.717) is 37.9 Å². The first kappa shape index (κ1) is 18.8. The van der Waals surface area contributed by atoms with Gasteiger partial charge >= 0.3 is 0 Å². The number of aliphatic hydroxyl groups is 1. The van der Waals surface area contributed by atoms with Gasteiger partial charge in [0.1, 0.15) is 11.6 Å². The molecule has 134 valence electrons. The predicted molar refractivity (Wildman–Crippen MR) is 88.6 cm³/mol. The van der Waals surface area contributed by atoms with Crippen molar-refractivity contribution in [1.29, 1.82) is 0 Å². The van der Waals surface area contributed by atoms with Crippen LogP contribution in [0.5, 0.6) is 0 Å². The standard InChI is InChI=1S/C18H26F2N2O2/c1-2-16(13-23)21-8-10-22(11-9-21)18(24)5-3-4-14-12-15(19)6-7-17(14)20/h6-7,12,16,23H,2-5,8-11,13H2,1H3. The lowest BCUT2D eigenvalue weighted by atomic mass is 10.1. The third-order valence-electron chi connectivity index (χ3n) is 4.71. The zero-order valence-electron chi connectivity index (χ0n) is 14.2. The van der Waals surface area contributed by atoms with Gasteiger partial charge < -0.3 is 10.0 Å². The number of aliphatic hydroxyl groups excluding tert-OH is 1. The van der Waals surface area contributed by atoms with Gasteiger partial charge in [0.2, 0.25) is 5.91 Å². The number of rotatable bonds is 7. The van der Waals surface area contributed by atoms with Gasteiger partial charge in [0, 0.05) is 38.6 Å². The molecule has 1 unspecified atom stereocenters. The quantitative estimate of drug-likeness (QED) is 0.828. The second-order valence-corrected chi connectivity index (χ2v) is 6.25. The van der Waals surface area contributed by atoms with Crippen LogP contribution in [-0.4, -0.2) is 59.6 Å². The van der Waals surface area contributed by atoms with E-state index in [9.17, 15) is 18.7 Å². The van der Waals surface area contributed by atoms with Crippen LogP contribution in [0.3, 0.4) is 0 Å². The summed E-state index contributed by atoms with van der Waals surface area (Å²) in [5.41, 5.74) is 0.321. The van der Waals surface area contributed by atoms with E-state index in [0.717, 1.165) is 31.6 Å². The summed E-state index contributed by atoms with van der Waals surface area (Å²) in [5.74, 6) is -0.821. The van der Waals surface area contributed by atoms with Gasteiger partial charge in [0.15, 0.2) is 0 Å². The highest BCUT2D eigenvalue weighted by molar-refractivity contribution is 5.76. The van der Waals surface area contributed by atoms with E-state index in [-0.39, 0.29) is 18.6 Å². The number of benzene rings is 1. The molecule has 1 saturated heterocycles. The number of halogens is 2. The highest BCUT2D eigenvalue weighted by Crippen LogP contribution is 2.14. The Balaban J connectivity index is 1.75. The Morgan fingerprint density at radius 2 is 1.96 bits per heavy atom. The number of carbonyl (C=O) groups is 1. The molecular weight excluding hydrogens is 314 g/mol. The topological polar surface area (TPSA) is 43.8 Å². The van der Waals surface area contributed by atoms with E-state index in [1.54, 1.807) is 0 Å². The minimum absolute atomic E-state index is 0.0588. The molecule has 1 aromatic carbocycles. The molecule has 0 spiro atoms. The van der Waals surface area contributed by atoms with Crippen molar-refractivity contribution >= 4 is 5.91 Å². The molecule has 1 fully saturated rings. The maximum absolute atomic E-state index is 13.5. The fraction of sp³-hybridized carbons (Fsp3) is 0.611. The third kappa shape index (κ3) is 4.98. The van der Waals surface area contributed by atoms with Gasteiger partial charge in [0.25, 0.3) is 0 Å². The highest BCUT2D eigenvalue weighted by Gasteiger charge is 2.24. The Morgan fingerprint density at radius 1 is 1.25 bits per heavy atom. The van der Waals surface area contributed by atoms with Crippen molar-refractivity contribution in [2.75, 3.05) is 32.8 Å². The number of nitrogens with zero attached hydrogens (tertiary/aromatic N) is 2. The molecule has 24 heavy (non-hydrogen) atoms. The number of hydrogen-bond donors (Lipinski definition) is 1. The second kappa shape index (κ2) is 9.08. The van der Waals surface area contributed by atoms with Gasteiger partial charge in [-0.15, -0.1) is 0 Å². The van der Waals surface area contributed by atoms with Gasteiger partial charge in [-0.2, -0.15) is 0 Å². The molecule has 0 aliphatic carbocycles. The Kier molecular flexibility index (Phi) is 7.12. The van der Waals surface area contributed by atoms with Crippen LogP contribution in [0, 0.1) is 11.6 Å². The summed E-state index contributed by atoms with van der Waals surface area (Å²) in [5, 5.41) is 9.34. The lowest BCUT2D eigenvalue weighted by Gasteiger charge is -2.38. The largest absolute Gasteiger partial charge is 0.395 e. The maximum Gasteiger partial charge on any atom is 0.222 e. The van der Waals surface area contributed by atoms with Crippen LogP contribution < -0.4 is 0 Å². The number of carbonyl (C=O) groups excluding carboxylic acids is 1. The molecule has 6 heteroatoms. The van der Waals surface area contributed by atoms with E-state index in [4.69, 9.17) is 0 Å². The summed E-state index contributed by atoms with van der Waals surface area (Å²) < 4.78 is 26.7. The zero-order chi connectivity index (χ0) is 17.5. The van der Waals surface area contributed by atoms with Crippen molar-refractivity contribution in [2.24, 2.45) is 0 Å². The summed E-state index contributed by atoms with van der Waals surface area (Å²) in [4.78, 5) is 16.3. The van der Waals surface area contributed by atoms with Crippen LogP contribution in [0.4, 0.5) is 8.78 Å². The normalized spacial score (nSPS) is 17.1. The molecule has 2 rings (SSSR count). The molecule has 1 N–H and O–H groups in total. The molecule has 0 aromatic heterocycles. The van der Waals surface area contributed by atoms with Crippen molar-refractivity contribution < 1.29 is 18.7 Å². The van der Waals surface area contributed by atoms with E-state index in [1.165, 1.54) is 6.07 Å². The first-order valence-corrected chi connectivity index (χ1v) is 8.61. The fourth-order valence-electron chi connectivity index (χ4n) is 3.16. The monoisotopic (exact) mass is 340 g/mol. The van der Waals surface area contributed by atoms with Crippen LogP contribution in [0.15, 0.2) is 18.2 Å². The van der Waals surface area contributed by atoms with Crippen LogP contribution in [-0.2, 0) is 11.2 Å². The summed E-state index contributed by atoms with van der Waals surface area (Å²) >= 11 is 0. The summed E-state index contributed by atoms with van der Waals surface area (Å²) in [6.07, 6.45) is 2.10. The van der Waals surface area contributed by atoms with Gasteiger partial charge in [0.05, 0.1) is 6.61 Å². The maximum atomic E-state index is 13.5. The van der Waals surface area contributed by atoms with E-state index < -0.39 is 11.6 Å². The molecule has 0 radical (unpaired) electrons. The smallest absolute Gasteiger partial charge is 0.222 e. The minimum atomic E-state index is -0.455. The highest BCUT2D eigenvalue weighted by atomic mass is 19.1. The van der Waals surface area contributed by atoms with Crippen molar-refractivity contribution in [3.63, 3.8) is 0 Å². The predicted octanol–water partition coefficient (Wildman–Crippen LogP) is 2.20. The van der Waals surface area contributed by atoms with Gasteiger partial charge in [-0.1, -0.05) is 6.92 Å². The molecule has 1 aliphatic rings. The Bertz CT molecular complexity index is 542.